The lowest BCUT2D eigenvalue weighted by Crippen LogP contribution is -2.36. The molecule has 2 amide bonds. The van der Waals surface area contributed by atoms with Gasteiger partial charge in [0.05, 0.1) is 17.9 Å². The summed E-state index contributed by atoms with van der Waals surface area (Å²) in [5.41, 5.74) is 1.21. The van der Waals surface area contributed by atoms with E-state index in [1.54, 1.807) is 48.4 Å². The summed E-state index contributed by atoms with van der Waals surface area (Å²) in [6, 6.07) is 13.2. The van der Waals surface area contributed by atoms with Gasteiger partial charge in [0.15, 0.2) is 0 Å². The minimum atomic E-state index is -3.59. The molecule has 1 unspecified atom stereocenters. The molecular formula is C24H29N3O5S. The minimum absolute atomic E-state index is 0.0170. The third-order valence-electron chi connectivity index (χ3n) is 6.24. The number of ether oxygens (including phenoxy) is 1. The van der Waals surface area contributed by atoms with Gasteiger partial charge in [0.2, 0.25) is 21.8 Å². The van der Waals surface area contributed by atoms with E-state index in [2.05, 4.69) is 10.0 Å². The number of hydrogen-bond donors (Lipinski definition) is 2. The van der Waals surface area contributed by atoms with Crippen molar-refractivity contribution in [1.82, 2.24) is 4.72 Å². The molecule has 33 heavy (non-hydrogen) atoms. The lowest BCUT2D eigenvalue weighted by atomic mass is 9.96. The third kappa shape index (κ3) is 5.54. The zero-order valence-corrected chi connectivity index (χ0v) is 19.4. The molecule has 4 rings (SSSR count). The summed E-state index contributed by atoms with van der Waals surface area (Å²) in [5.74, 6) is -0.180. The molecule has 0 bridgehead atoms. The van der Waals surface area contributed by atoms with Crippen LogP contribution in [0.15, 0.2) is 53.4 Å². The molecule has 1 saturated carbocycles. The smallest absolute Gasteiger partial charge is 0.240 e. The molecule has 8 nitrogen and oxygen atoms in total. The number of rotatable bonds is 7. The molecule has 1 aliphatic heterocycles. The Kier molecular flexibility index (Phi) is 6.99. The van der Waals surface area contributed by atoms with E-state index in [0.717, 1.165) is 37.8 Å². The highest BCUT2D eigenvalue weighted by atomic mass is 32.2. The topological polar surface area (TPSA) is 105 Å². The predicted molar refractivity (Wildman–Crippen MR) is 126 cm³/mol. The van der Waals surface area contributed by atoms with E-state index in [9.17, 15) is 18.0 Å². The SMILES string of the molecule is COc1ccc(N2CC(C(=O)Nc3ccc(S(=O)(=O)NC4CCCCC4)cc3)CC2=O)cc1. The molecular weight excluding hydrogens is 442 g/mol. The molecule has 2 N–H and O–H groups in total. The van der Waals surface area contributed by atoms with Gasteiger partial charge in [-0.15, -0.1) is 0 Å². The Morgan fingerprint density at radius 1 is 1.00 bits per heavy atom. The molecule has 2 aromatic carbocycles. The van der Waals surface area contributed by atoms with Crippen molar-refractivity contribution in [3.63, 3.8) is 0 Å². The largest absolute Gasteiger partial charge is 0.497 e. The normalized spacial score (nSPS) is 19.5. The zero-order chi connectivity index (χ0) is 23.4. The Morgan fingerprint density at radius 2 is 1.67 bits per heavy atom. The number of carbonyl (C=O) groups is 2. The van der Waals surface area contributed by atoms with Gasteiger partial charge >= 0.3 is 0 Å². The summed E-state index contributed by atoms with van der Waals surface area (Å²) in [6.07, 6.45) is 5.07. The first kappa shape index (κ1) is 23.3. The molecule has 1 aliphatic carbocycles. The number of methoxy groups -OCH3 is 1. The molecule has 9 heteroatoms. The molecule has 0 radical (unpaired) electrons. The molecule has 0 spiro atoms. The van der Waals surface area contributed by atoms with Crippen LogP contribution in [-0.4, -0.2) is 39.9 Å². The molecule has 2 aromatic rings. The van der Waals surface area contributed by atoms with Crippen molar-refractivity contribution in [1.29, 1.82) is 0 Å². The van der Waals surface area contributed by atoms with Crippen LogP contribution in [0.1, 0.15) is 38.5 Å². The van der Waals surface area contributed by atoms with Gasteiger partial charge < -0.3 is 15.0 Å². The molecule has 1 saturated heterocycles. The summed E-state index contributed by atoms with van der Waals surface area (Å²) in [5, 5.41) is 2.80. The fraction of sp³-hybridized carbons (Fsp3) is 0.417. The summed E-state index contributed by atoms with van der Waals surface area (Å²) >= 11 is 0. The van der Waals surface area contributed by atoms with Gasteiger partial charge in [-0.05, 0) is 61.4 Å². The summed E-state index contributed by atoms with van der Waals surface area (Å²) in [4.78, 5) is 27.0. The molecule has 1 atom stereocenters. The number of hydrogen-bond acceptors (Lipinski definition) is 5. The monoisotopic (exact) mass is 471 g/mol. The van der Waals surface area contributed by atoms with Gasteiger partial charge in [-0.2, -0.15) is 0 Å². The van der Waals surface area contributed by atoms with E-state index in [0.29, 0.717) is 11.4 Å². The Bertz CT molecular complexity index is 1090. The number of nitrogens with one attached hydrogen (secondary N) is 2. The van der Waals surface area contributed by atoms with Gasteiger partial charge in [-0.3, -0.25) is 9.59 Å². The van der Waals surface area contributed by atoms with Crippen molar-refractivity contribution in [2.45, 2.75) is 49.5 Å². The maximum atomic E-state index is 12.7. The first-order valence-corrected chi connectivity index (χ1v) is 12.7. The van der Waals surface area contributed by atoms with Crippen LogP contribution in [0.2, 0.25) is 0 Å². The number of amides is 2. The maximum Gasteiger partial charge on any atom is 0.240 e. The van der Waals surface area contributed by atoms with Crippen LogP contribution in [0.4, 0.5) is 11.4 Å². The van der Waals surface area contributed by atoms with Crippen LogP contribution in [0, 0.1) is 5.92 Å². The van der Waals surface area contributed by atoms with E-state index in [4.69, 9.17) is 4.74 Å². The number of nitrogens with zero attached hydrogens (tertiary/aromatic N) is 1. The average molecular weight is 472 g/mol. The zero-order valence-electron chi connectivity index (χ0n) is 18.6. The quantitative estimate of drug-likeness (QED) is 0.645. The third-order valence-corrected chi connectivity index (χ3v) is 7.78. The number of benzene rings is 2. The van der Waals surface area contributed by atoms with E-state index in [1.165, 1.54) is 12.1 Å². The Morgan fingerprint density at radius 3 is 2.30 bits per heavy atom. The van der Waals surface area contributed by atoms with Crippen molar-refractivity contribution in [3.05, 3.63) is 48.5 Å². The Hall–Kier alpha value is -2.91. The van der Waals surface area contributed by atoms with Gasteiger partial charge in [0.25, 0.3) is 0 Å². The van der Waals surface area contributed by atoms with Crippen LogP contribution in [-0.2, 0) is 19.6 Å². The highest BCUT2D eigenvalue weighted by Crippen LogP contribution is 2.28. The second kappa shape index (κ2) is 9.93. The summed E-state index contributed by atoms with van der Waals surface area (Å²) in [6.45, 7) is 0.286. The molecule has 0 aromatic heterocycles. The highest BCUT2D eigenvalue weighted by molar-refractivity contribution is 7.89. The lowest BCUT2D eigenvalue weighted by Gasteiger charge is -2.22. The van der Waals surface area contributed by atoms with Gasteiger partial charge in [-0.1, -0.05) is 19.3 Å². The number of anilines is 2. The van der Waals surface area contributed by atoms with Crippen LogP contribution >= 0.6 is 0 Å². The predicted octanol–water partition coefficient (Wildman–Crippen LogP) is 3.30. The van der Waals surface area contributed by atoms with E-state index in [-0.39, 0.29) is 35.7 Å². The van der Waals surface area contributed by atoms with Crippen molar-refractivity contribution >= 4 is 33.2 Å². The second-order valence-corrected chi connectivity index (χ2v) is 10.3. The maximum absolute atomic E-state index is 12.7. The van der Waals surface area contributed by atoms with Crippen molar-refractivity contribution in [2.75, 3.05) is 23.9 Å². The first-order valence-electron chi connectivity index (χ1n) is 11.2. The summed E-state index contributed by atoms with van der Waals surface area (Å²) in [7, 11) is -2.02. The van der Waals surface area contributed by atoms with Crippen LogP contribution in [0.5, 0.6) is 5.75 Å². The number of sulfonamides is 1. The van der Waals surface area contributed by atoms with Crippen molar-refractivity contribution in [3.8, 4) is 5.75 Å². The fourth-order valence-electron chi connectivity index (χ4n) is 4.36. The van der Waals surface area contributed by atoms with E-state index >= 15 is 0 Å². The standard InChI is InChI=1S/C24H29N3O5S/c1-32-21-11-9-20(10-12-21)27-16-17(15-23(27)28)24(29)25-18-7-13-22(14-8-18)33(30,31)26-19-5-3-2-4-6-19/h7-14,17,19,26H,2-6,15-16H2,1H3,(H,25,29). The summed E-state index contributed by atoms with van der Waals surface area (Å²) < 4.78 is 33.2. The average Bonchev–Trinajstić information content (AvgIpc) is 3.21. The fourth-order valence-corrected chi connectivity index (χ4v) is 5.67. The van der Waals surface area contributed by atoms with Gasteiger partial charge in [0.1, 0.15) is 5.75 Å². The first-order chi connectivity index (χ1) is 15.9. The van der Waals surface area contributed by atoms with Gasteiger partial charge in [-0.25, -0.2) is 13.1 Å². The Balaban J connectivity index is 1.36. The van der Waals surface area contributed by atoms with Crippen molar-refractivity contribution in [2.24, 2.45) is 5.92 Å². The molecule has 1 heterocycles. The van der Waals surface area contributed by atoms with Crippen LogP contribution < -0.4 is 19.7 Å². The lowest BCUT2D eigenvalue weighted by molar-refractivity contribution is -0.122. The van der Waals surface area contributed by atoms with Crippen molar-refractivity contribution < 1.29 is 22.7 Å². The van der Waals surface area contributed by atoms with Crippen LogP contribution in [0.3, 0.4) is 0 Å². The molecule has 2 aliphatic rings. The number of carbonyl (C=O) groups excluding carboxylic acids is 2. The highest BCUT2D eigenvalue weighted by Gasteiger charge is 2.35. The van der Waals surface area contributed by atoms with E-state index in [1.807, 2.05) is 0 Å². The molecule has 176 valence electrons. The molecule has 2 fully saturated rings. The Labute approximate surface area is 194 Å². The van der Waals surface area contributed by atoms with Gasteiger partial charge in [0, 0.05) is 30.4 Å². The van der Waals surface area contributed by atoms with Crippen LogP contribution in [0.25, 0.3) is 0 Å². The minimum Gasteiger partial charge on any atom is -0.497 e. The van der Waals surface area contributed by atoms with E-state index < -0.39 is 15.9 Å². The second-order valence-electron chi connectivity index (χ2n) is 8.57.